The monoisotopic (exact) mass is 192 g/mol. The molecule has 0 bridgehead atoms. The number of nitrogens with one attached hydrogen (secondary N) is 1. The SMILES string of the molecule is CCOc1cncc(C2CCCN2)c1. The number of rotatable bonds is 3. The van der Waals surface area contributed by atoms with Gasteiger partial charge in [-0.1, -0.05) is 0 Å². The number of nitrogens with zero attached hydrogens (tertiary/aromatic N) is 1. The average Bonchev–Trinajstić information content (AvgIpc) is 2.71. The van der Waals surface area contributed by atoms with Crippen LogP contribution in [0.5, 0.6) is 5.75 Å². The van der Waals surface area contributed by atoms with Gasteiger partial charge in [-0.05, 0) is 37.9 Å². The van der Waals surface area contributed by atoms with Crippen LogP contribution in [0, 0.1) is 0 Å². The maximum atomic E-state index is 5.42. The molecule has 76 valence electrons. The van der Waals surface area contributed by atoms with Crippen LogP contribution in [0.2, 0.25) is 0 Å². The molecule has 0 aliphatic carbocycles. The van der Waals surface area contributed by atoms with E-state index in [1.54, 1.807) is 6.20 Å². The molecule has 2 rings (SSSR count). The van der Waals surface area contributed by atoms with E-state index in [0.29, 0.717) is 12.6 Å². The molecule has 1 atom stereocenters. The highest BCUT2D eigenvalue weighted by Crippen LogP contribution is 2.24. The number of hydrogen-bond acceptors (Lipinski definition) is 3. The summed E-state index contributed by atoms with van der Waals surface area (Å²) in [5.74, 6) is 0.874. The first-order chi connectivity index (χ1) is 6.90. The van der Waals surface area contributed by atoms with E-state index in [4.69, 9.17) is 4.74 Å². The molecular formula is C11H16N2O. The zero-order chi connectivity index (χ0) is 9.80. The van der Waals surface area contributed by atoms with Crippen molar-refractivity contribution in [2.24, 2.45) is 0 Å². The lowest BCUT2D eigenvalue weighted by molar-refractivity contribution is 0.338. The van der Waals surface area contributed by atoms with Crippen LogP contribution >= 0.6 is 0 Å². The van der Waals surface area contributed by atoms with Gasteiger partial charge in [0.05, 0.1) is 12.8 Å². The standard InChI is InChI=1S/C11H16N2O/c1-2-14-10-6-9(7-12-8-10)11-4-3-5-13-11/h6-8,11,13H,2-5H2,1H3. The highest BCUT2D eigenvalue weighted by Gasteiger charge is 2.16. The molecule has 0 amide bonds. The van der Waals surface area contributed by atoms with E-state index in [-0.39, 0.29) is 0 Å². The van der Waals surface area contributed by atoms with Crippen LogP contribution in [0.15, 0.2) is 18.5 Å². The summed E-state index contributed by atoms with van der Waals surface area (Å²) in [6.07, 6.45) is 6.15. The Kier molecular flexibility index (Phi) is 2.99. The molecule has 1 aliphatic heterocycles. The molecule has 1 aromatic rings. The molecule has 1 saturated heterocycles. The van der Waals surface area contributed by atoms with Crippen molar-refractivity contribution >= 4 is 0 Å². The molecule has 0 radical (unpaired) electrons. The van der Waals surface area contributed by atoms with E-state index in [2.05, 4.69) is 16.4 Å². The Morgan fingerprint density at radius 1 is 1.57 bits per heavy atom. The fourth-order valence-corrected chi connectivity index (χ4v) is 1.84. The first kappa shape index (κ1) is 9.46. The zero-order valence-electron chi connectivity index (χ0n) is 8.49. The second kappa shape index (κ2) is 4.42. The summed E-state index contributed by atoms with van der Waals surface area (Å²) in [5.41, 5.74) is 1.24. The number of aromatic nitrogens is 1. The minimum absolute atomic E-state index is 0.475. The second-order valence-electron chi connectivity index (χ2n) is 3.54. The van der Waals surface area contributed by atoms with E-state index in [1.807, 2.05) is 13.1 Å². The highest BCUT2D eigenvalue weighted by atomic mass is 16.5. The summed E-state index contributed by atoms with van der Waals surface area (Å²) in [5, 5.41) is 3.45. The number of ether oxygens (including phenoxy) is 1. The summed E-state index contributed by atoms with van der Waals surface area (Å²) >= 11 is 0. The minimum Gasteiger partial charge on any atom is -0.492 e. The van der Waals surface area contributed by atoms with Crippen LogP contribution in [-0.2, 0) is 0 Å². The van der Waals surface area contributed by atoms with Gasteiger partial charge in [-0.25, -0.2) is 0 Å². The van der Waals surface area contributed by atoms with E-state index >= 15 is 0 Å². The average molecular weight is 192 g/mol. The van der Waals surface area contributed by atoms with Gasteiger partial charge in [0.2, 0.25) is 0 Å². The van der Waals surface area contributed by atoms with Crippen molar-refractivity contribution < 1.29 is 4.74 Å². The Balaban J connectivity index is 2.12. The van der Waals surface area contributed by atoms with Crippen LogP contribution in [-0.4, -0.2) is 18.1 Å². The van der Waals surface area contributed by atoms with Gasteiger partial charge in [0.25, 0.3) is 0 Å². The van der Waals surface area contributed by atoms with Crippen molar-refractivity contribution in [3.05, 3.63) is 24.0 Å². The predicted molar refractivity (Wildman–Crippen MR) is 55.4 cm³/mol. The Bertz CT molecular complexity index is 295. The zero-order valence-corrected chi connectivity index (χ0v) is 8.49. The Labute approximate surface area is 84.5 Å². The van der Waals surface area contributed by atoms with Crippen LogP contribution in [0.25, 0.3) is 0 Å². The fraction of sp³-hybridized carbons (Fsp3) is 0.545. The largest absolute Gasteiger partial charge is 0.492 e. The molecule has 0 aromatic carbocycles. The Morgan fingerprint density at radius 3 is 3.21 bits per heavy atom. The van der Waals surface area contributed by atoms with Crippen LogP contribution in [0.1, 0.15) is 31.4 Å². The topological polar surface area (TPSA) is 34.1 Å². The minimum atomic E-state index is 0.475. The smallest absolute Gasteiger partial charge is 0.137 e. The first-order valence-electron chi connectivity index (χ1n) is 5.21. The summed E-state index contributed by atoms with van der Waals surface area (Å²) in [6.45, 7) is 3.80. The third kappa shape index (κ3) is 2.04. The molecular weight excluding hydrogens is 176 g/mol. The molecule has 3 heteroatoms. The maximum Gasteiger partial charge on any atom is 0.137 e. The summed E-state index contributed by atoms with van der Waals surface area (Å²) in [7, 11) is 0. The summed E-state index contributed by atoms with van der Waals surface area (Å²) in [6, 6.07) is 2.56. The third-order valence-electron chi connectivity index (χ3n) is 2.51. The summed E-state index contributed by atoms with van der Waals surface area (Å²) < 4.78 is 5.42. The maximum absolute atomic E-state index is 5.42. The number of pyridine rings is 1. The van der Waals surface area contributed by atoms with Gasteiger partial charge in [-0.15, -0.1) is 0 Å². The molecule has 3 nitrogen and oxygen atoms in total. The molecule has 14 heavy (non-hydrogen) atoms. The quantitative estimate of drug-likeness (QED) is 0.794. The lowest BCUT2D eigenvalue weighted by Gasteiger charge is -2.11. The van der Waals surface area contributed by atoms with Crippen molar-refractivity contribution in [1.82, 2.24) is 10.3 Å². The molecule has 1 unspecified atom stereocenters. The van der Waals surface area contributed by atoms with Crippen molar-refractivity contribution in [3.63, 3.8) is 0 Å². The van der Waals surface area contributed by atoms with Gasteiger partial charge < -0.3 is 10.1 Å². The lowest BCUT2D eigenvalue weighted by Crippen LogP contribution is -2.13. The Hall–Kier alpha value is -1.09. The van der Waals surface area contributed by atoms with E-state index in [0.717, 1.165) is 12.3 Å². The van der Waals surface area contributed by atoms with Crippen LogP contribution in [0.3, 0.4) is 0 Å². The van der Waals surface area contributed by atoms with Crippen LogP contribution < -0.4 is 10.1 Å². The van der Waals surface area contributed by atoms with E-state index < -0.39 is 0 Å². The molecule has 1 N–H and O–H groups in total. The van der Waals surface area contributed by atoms with E-state index in [1.165, 1.54) is 18.4 Å². The van der Waals surface area contributed by atoms with Gasteiger partial charge in [-0.2, -0.15) is 0 Å². The Morgan fingerprint density at radius 2 is 2.50 bits per heavy atom. The first-order valence-corrected chi connectivity index (χ1v) is 5.21. The fourth-order valence-electron chi connectivity index (χ4n) is 1.84. The molecule has 1 fully saturated rings. The van der Waals surface area contributed by atoms with Crippen molar-refractivity contribution in [2.75, 3.05) is 13.2 Å². The van der Waals surface area contributed by atoms with Gasteiger partial charge in [0.1, 0.15) is 5.75 Å². The molecule has 2 heterocycles. The molecule has 0 spiro atoms. The van der Waals surface area contributed by atoms with Crippen molar-refractivity contribution in [1.29, 1.82) is 0 Å². The number of hydrogen-bond donors (Lipinski definition) is 1. The van der Waals surface area contributed by atoms with Crippen molar-refractivity contribution in [3.8, 4) is 5.75 Å². The normalized spacial score (nSPS) is 21.1. The van der Waals surface area contributed by atoms with Crippen LogP contribution in [0.4, 0.5) is 0 Å². The van der Waals surface area contributed by atoms with Gasteiger partial charge in [0.15, 0.2) is 0 Å². The van der Waals surface area contributed by atoms with Gasteiger partial charge in [0, 0.05) is 12.2 Å². The molecule has 1 aromatic heterocycles. The third-order valence-corrected chi connectivity index (χ3v) is 2.51. The predicted octanol–water partition coefficient (Wildman–Crippen LogP) is 1.90. The molecule has 0 saturated carbocycles. The molecule has 1 aliphatic rings. The van der Waals surface area contributed by atoms with Crippen molar-refractivity contribution in [2.45, 2.75) is 25.8 Å². The van der Waals surface area contributed by atoms with Gasteiger partial charge in [-0.3, -0.25) is 4.98 Å². The van der Waals surface area contributed by atoms with E-state index in [9.17, 15) is 0 Å². The lowest BCUT2D eigenvalue weighted by atomic mass is 10.1. The second-order valence-corrected chi connectivity index (χ2v) is 3.54. The highest BCUT2D eigenvalue weighted by molar-refractivity contribution is 5.26. The van der Waals surface area contributed by atoms with Gasteiger partial charge >= 0.3 is 0 Å². The summed E-state index contributed by atoms with van der Waals surface area (Å²) in [4.78, 5) is 4.18.